The number of aryl methyl sites for hydroxylation is 1. The number of nitrogens with one attached hydrogen (secondary N) is 2. The van der Waals surface area contributed by atoms with E-state index >= 15 is 0 Å². The predicted octanol–water partition coefficient (Wildman–Crippen LogP) is 4.18. The van der Waals surface area contributed by atoms with Crippen molar-refractivity contribution in [1.29, 1.82) is 0 Å². The topological polar surface area (TPSA) is 68.2 Å². The van der Waals surface area contributed by atoms with Gasteiger partial charge >= 0.3 is 0 Å². The molecule has 0 unspecified atom stereocenters. The first kappa shape index (κ1) is 17.0. The monoisotopic (exact) mass is 390 g/mol. The number of halogens is 2. The van der Waals surface area contributed by atoms with Crippen LogP contribution in [0.15, 0.2) is 35.3 Å². The normalized spacial score (nSPS) is 13.5. The molecule has 0 spiro atoms. The summed E-state index contributed by atoms with van der Waals surface area (Å²) < 4.78 is 7.30. The average Bonchev–Trinajstić information content (AvgIpc) is 2.90. The van der Waals surface area contributed by atoms with E-state index in [1.807, 2.05) is 18.2 Å². The Kier molecular flexibility index (Phi) is 4.38. The van der Waals surface area contributed by atoms with Crippen LogP contribution < -0.4 is 20.9 Å². The molecule has 1 aromatic carbocycles. The van der Waals surface area contributed by atoms with Crippen LogP contribution >= 0.6 is 23.2 Å². The summed E-state index contributed by atoms with van der Waals surface area (Å²) in [5.74, 6) is 0.361. The van der Waals surface area contributed by atoms with E-state index in [0.717, 1.165) is 35.2 Å². The van der Waals surface area contributed by atoms with Gasteiger partial charge in [0.1, 0.15) is 10.2 Å². The number of pyridine rings is 2. The molecule has 0 saturated carbocycles. The SMILES string of the molecule is Cn1c(=O)c2c(c3cc(Nc4ccnc(Cl)c4Cl)ccc31)NCCCO2. The zero-order chi connectivity index (χ0) is 18.3. The fourth-order valence-electron chi connectivity index (χ4n) is 3.04. The largest absolute Gasteiger partial charge is 0.486 e. The van der Waals surface area contributed by atoms with E-state index in [4.69, 9.17) is 27.9 Å². The molecule has 0 fully saturated rings. The summed E-state index contributed by atoms with van der Waals surface area (Å²) in [4.78, 5) is 16.5. The van der Waals surface area contributed by atoms with Gasteiger partial charge in [-0.3, -0.25) is 4.79 Å². The van der Waals surface area contributed by atoms with Gasteiger partial charge in [-0.1, -0.05) is 23.2 Å². The summed E-state index contributed by atoms with van der Waals surface area (Å²) >= 11 is 12.2. The lowest BCUT2D eigenvalue weighted by molar-refractivity contribution is 0.317. The van der Waals surface area contributed by atoms with Crippen LogP contribution in [0, 0.1) is 0 Å². The number of rotatable bonds is 2. The number of hydrogen-bond acceptors (Lipinski definition) is 5. The molecule has 134 valence electrons. The van der Waals surface area contributed by atoms with Crippen molar-refractivity contribution >= 4 is 51.2 Å². The molecule has 8 heteroatoms. The lowest BCUT2D eigenvalue weighted by atomic mass is 10.1. The van der Waals surface area contributed by atoms with E-state index < -0.39 is 0 Å². The zero-order valence-corrected chi connectivity index (χ0v) is 15.5. The maximum Gasteiger partial charge on any atom is 0.295 e. The molecule has 3 aromatic rings. The summed E-state index contributed by atoms with van der Waals surface area (Å²) in [6.45, 7) is 1.27. The summed E-state index contributed by atoms with van der Waals surface area (Å²) in [5.41, 5.74) is 2.87. The van der Waals surface area contributed by atoms with Gasteiger partial charge < -0.3 is 19.9 Å². The van der Waals surface area contributed by atoms with Crippen LogP contribution in [0.25, 0.3) is 10.9 Å². The molecule has 0 radical (unpaired) electrons. The van der Waals surface area contributed by atoms with Crippen molar-refractivity contribution in [2.75, 3.05) is 23.8 Å². The highest BCUT2D eigenvalue weighted by Crippen LogP contribution is 2.35. The van der Waals surface area contributed by atoms with Crippen molar-refractivity contribution < 1.29 is 4.74 Å². The fourth-order valence-corrected chi connectivity index (χ4v) is 3.35. The second-order valence-corrected chi connectivity index (χ2v) is 6.75. The number of ether oxygens (including phenoxy) is 1. The Hall–Kier alpha value is -2.44. The molecule has 0 amide bonds. The first-order valence-electron chi connectivity index (χ1n) is 8.16. The Bertz CT molecular complexity index is 1070. The standard InChI is InChI=1S/C18H16Cl2N4O2/c1-24-13-4-3-10(23-12-5-7-22-17(20)14(12)19)9-11(13)15-16(18(24)25)26-8-2-6-21-15/h3-5,7,9,21H,2,6,8H2,1H3,(H,22,23). The van der Waals surface area contributed by atoms with Crippen molar-refractivity contribution in [1.82, 2.24) is 9.55 Å². The molecular weight excluding hydrogens is 375 g/mol. The molecule has 1 aliphatic rings. The Morgan fingerprint density at radius 2 is 2.15 bits per heavy atom. The highest BCUT2D eigenvalue weighted by molar-refractivity contribution is 6.43. The van der Waals surface area contributed by atoms with Crippen LogP contribution in [0.1, 0.15) is 6.42 Å². The molecule has 6 nitrogen and oxygen atoms in total. The summed E-state index contributed by atoms with van der Waals surface area (Å²) in [7, 11) is 1.74. The minimum absolute atomic E-state index is 0.147. The molecule has 0 aliphatic carbocycles. The van der Waals surface area contributed by atoms with Crippen molar-refractivity contribution in [2.45, 2.75) is 6.42 Å². The molecule has 2 N–H and O–H groups in total. The number of fused-ring (bicyclic) bond motifs is 3. The Morgan fingerprint density at radius 1 is 1.31 bits per heavy atom. The minimum atomic E-state index is -0.147. The second-order valence-electron chi connectivity index (χ2n) is 6.02. The maximum atomic E-state index is 12.6. The predicted molar refractivity (Wildman–Crippen MR) is 105 cm³/mol. The third-order valence-corrected chi connectivity index (χ3v) is 5.11. The smallest absolute Gasteiger partial charge is 0.295 e. The summed E-state index contributed by atoms with van der Waals surface area (Å²) in [6, 6.07) is 7.49. The van der Waals surface area contributed by atoms with Crippen molar-refractivity contribution in [3.8, 4) is 5.75 Å². The van der Waals surface area contributed by atoms with Crippen LogP contribution in [0.3, 0.4) is 0 Å². The molecule has 0 saturated heterocycles. The van der Waals surface area contributed by atoms with Gasteiger partial charge in [-0.25, -0.2) is 4.98 Å². The molecule has 0 bridgehead atoms. The van der Waals surface area contributed by atoms with Crippen molar-refractivity contribution in [2.24, 2.45) is 7.05 Å². The van der Waals surface area contributed by atoms with Gasteiger partial charge in [0.05, 0.1) is 23.5 Å². The molecular formula is C18H16Cl2N4O2. The van der Waals surface area contributed by atoms with Crippen LogP contribution in [0.4, 0.5) is 17.1 Å². The van der Waals surface area contributed by atoms with E-state index in [1.165, 1.54) is 0 Å². The average molecular weight is 391 g/mol. The maximum absolute atomic E-state index is 12.6. The molecule has 0 atom stereocenters. The van der Waals surface area contributed by atoms with E-state index in [-0.39, 0.29) is 10.7 Å². The lowest BCUT2D eigenvalue weighted by Gasteiger charge is -2.16. The quantitative estimate of drug-likeness (QED) is 0.642. The van der Waals surface area contributed by atoms with Crippen molar-refractivity contribution in [3.05, 3.63) is 51.0 Å². The van der Waals surface area contributed by atoms with E-state index in [1.54, 1.807) is 23.9 Å². The third kappa shape index (κ3) is 2.85. The van der Waals surface area contributed by atoms with Crippen LogP contribution in [-0.4, -0.2) is 22.7 Å². The van der Waals surface area contributed by atoms with Crippen molar-refractivity contribution in [3.63, 3.8) is 0 Å². The van der Waals surface area contributed by atoms with E-state index in [2.05, 4.69) is 15.6 Å². The molecule has 26 heavy (non-hydrogen) atoms. The highest BCUT2D eigenvalue weighted by Gasteiger charge is 2.19. The van der Waals surface area contributed by atoms with Gasteiger partial charge in [-0.15, -0.1) is 0 Å². The van der Waals surface area contributed by atoms with Gasteiger partial charge in [0, 0.05) is 30.9 Å². The van der Waals surface area contributed by atoms with E-state index in [9.17, 15) is 4.79 Å². The lowest BCUT2D eigenvalue weighted by Crippen LogP contribution is -2.20. The number of aromatic nitrogens is 2. The number of hydrogen-bond donors (Lipinski definition) is 2. The van der Waals surface area contributed by atoms with Gasteiger partial charge in [0.2, 0.25) is 5.75 Å². The van der Waals surface area contributed by atoms with Gasteiger partial charge in [0.15, 0.2) is 0 Å². The first-order chi connectivity index (χ1) is 12.6. The van der Waals surface area contributed by atoms with Crippen LogP contribution in [-0.2, 0) is 7.05 Å². The highest BCUT2D eigenvalue weighted by atomic mass is 35.5. The summed E-state index contributed by atoms with van der Waals surface area (Å²) in [6.07, 6.45) is 2.42. The number of benzene rings is 1. The Morgan fingerprint density at radius 3 is 3.00 bits per heavy atom. The van der Waals surface area contributed by atoms with Gasteiger partial charge in [-0.05, 0) is 30.7 Å². The van der Waals surface area contributed by atoms with Crippen LogP contribution in [0.2, 0.25) is 10.2 Å². The second kappa shape index (κ2) is 6.70. The molecule has 4 rings (SSSR count). The molecule has 3 heterocycles. The Labute approximate surface area is 159 Å². The van der Waals surface area contributed by atoms with Crippen LogP contribution in [0.5, 0.6) is 5.75 Å². The number of nitrogens with zero attached hydrogens (tertiary/aromatic N) is 2. The third-order valence-electron chi connectivity index (χ3n) is 4.35. The molecule has 2 aromatic heterocycles. The fraction of sp³-hybridized carbons (Fsp3) is 0.222. The number of anilines is 3. The first-order valence-corrected chi connectivity index (χ1v) is 8.92. The molecule has 1 aliphatic heterocycles. The van der Waals surface area contributed by atoms with Gasteiger partial charge in [-0.2, -0.15) is 0 Å². The minimum Gasteiger partial charge on any atom is -0.486 e. The zero-order valence-electron chi connectivity index (χ0n) is 14.0. The van der Waals surface area contributed by atoms with E-state index in [0.29, 0.717) is 23.1 Å². The Balaban J connectivity index is 1.86. The summed E-state index contributed by atoms with van der Waals surface area (Å²) in [5, 5.41) is 8.06. The van der Waals surface area contributed by atoms with Gasteiger partial charge in [0.25, 0.3) is 5.56 Å².